The molecule has 4 nitrogen and oxygen atoms in total. The van der Waals surface area contributed by atoms with Crippen LogP contribution in [-0.2, 0) is 0 Å². The average Bonchev–Trinajstić information content (AvgIpc) is 3.30. The van der Waals surface area contributed by atoms with Crippen molar-refractivity contribution in [1.29, 1.82) is 0 Å². The van der Waals surface area contributed by atoms with Crippen LogP contribution in [0.1, 0.15) is 49.1 Å². The minimum Gasteiger partial charge on any atom is -0.372 e. The molecular formula is C16H20N2O2. The summed E-state index contributed by atoms with van der Waals surface area (Å²) in [5, 5.41) is 10.5. The summed E-state index contributed by atoms with van der Waals surface area (Å²) in [6, 6.07) is 6.40. The second-order valence-corrected chi connectivity index (χ2v) is 5.74. The van der Waals surface area contributed by atoms with E-state index in [0.717, 1.165) is 24.9 Å². The van der Waals surface area contributed by atoms with E-state index in [1.165, 1.54) is 43.4 Å². The number of benzene rings is 1. The number of rotatable bonds is 4. The molecule has 1 aliphatic heterocycles. The molecule has 2 aliphatic rings. The van der Waals surface area contributed by atoms with Gasteiger partial charge in [0.05, 0.1) is 4.92 Å². The van der Waals surface area contributed by atoms with E-state index in [4.69, 9.17) is 0 Å². The predicted octanol–water partition coefficient (Wildman–Crippen LogP) is 3.80. The fourth-order valence-corrected chi connectivity index (χ4v) is 2.95. The van der Waals surface area contributed by atoms with Gasteiger partial charge in [-0.1, -0.05) is 6.07 Å². The fraction of sp³-hybridized carbons (Fsp3) is 0.500. The summed E-state index contributed by atoms with van der Waals surface area (Å²) in [5.41, 5.74) is 3.57. The Morgan fingerprint density at radius 3 is 2.60 bits per heavy atom. The van der Waals surface area contributed by atoms with Crippen LogP contribution in [0.15, 0.2) is 24.4 Å². The summed E-state index contributed by atoms with van der Waals surface area (Å²) < 4.78 is 0. The first-order valence-electron chi connectivity index (χ1n) is 7.44. The number of hydrogen-bond donors (Lipinski definition) is 0. The molecule has 0 N–H and O–H groups in total. The first-order valence-corrected chi connectivity index (χ1v) is 7.44. The van der Waals surface area contributed by atoms with Gasteiger partial charge in [-0.25, -0.2) is 0 Å². The molecule has 4 heteroatoms. The van der Waals surface area contributed by atoms with Crippen LogP contribution < -0.4 is 4.90 Å². The normalized spacial score (nSPS) is 19.5. The van der Waals surface area contributed by atoms with Gasteiger partial charge in [-0.3, -0.25) is 10.1 Å². The van der Waals surface area contributed by atoms with Crippen LogP contribution in [0.5, 0.6) is 0 Å². The third kappa shape index (κ3) is 3.00. The Hall–Kier alpha value is -1.84. The third-order valence-corrected chi connectivity index (χ3v) is 4.18. The van der Waals surface area contributed by atoms with Crippen LogP contribution >= 0.6 is 0 Å². The van der Waals surface area contributed by atoms with Crippen molar-refractivity contribution in [2.24, 2.45) is 0 Å². The maximum atomic E-state index is 10.5. The van der Waals surface area contributed by atoms with E-state index in [2.05, 4.69) is 17.0 Å². The highest BCUT2D eigenvalue weighted by Gasteiger charge is 2.26. The number of anilines is 1. The zero-order valence-electron chi connectivity index (χ0n) is 11.6. The average molecular weight is 272 g/mol. The smallest absolute Gasteiger partial charge is 0.235 e. The van der Waals surface area contributed by atoms with Crippen LogP contribution in [0.3, 0.4) is 0 Å². The summed E-state index contributed by atoms with van der Waals surface area (Å²) in [7, 11) is 0. The van der Waals surface area contributed by atoms with Crippen molar-refractivity contribution < 1.29 is 4.92 Å². The Morgan fingerprint density at radius 2 is 1.95 bits per heavy atom. The fourth-order valence-electron chi connectivity index (χ4n) is 2.95. The van der Waals surface area contributed by atoms with Gasteiger partial charge in [0.15, 0.2) is 0 Å². The molecule has 1 aromatic carbocycles. The van der Waals surface area contributed by atoms with E-state index in [-0.39, 0.29) is 0 Å². The van der Waals surface area contributed by atoms with Crippen molar-refractivity contribution in [2.45, 2.75) is 38.0 Å². The van der Waals surface area contributed by atoms with E-state index in [9.17, 15) is 10.1 Å². The summed E-state index contributed by atoms with van der Waals surface area (Å²) in [4.78, 5) is 12.5. The zero-order chi connectivity index (χ0) is 13.9. The third-order valence-electron chi connectivity index (χ3n) is 4.18. The van der Waals surface area contributed by atoms with E-state index in [1.54, 1.807) is 6.08 Å². The van der Waals surface area contributed by atoms with Gasteiger partial charge in [0.1, 0.15) is 0 Å². The first-order chi connectivity index (χ1) is 9.74. The standard InChI is InChI=1S/C16H20N2O2/c19-18(20)11-8-14-6-7-15(12-16(14)13-4-5-13)17-9-2-1-3-10-17/h6-8,11-13H,1-5,9-10H2. The lowest BCUT2D eigenvalue weighted by atomic mass is 10.0. The van der Waals surface area contributed by atoms with Crippen LogP contribution in [0.2, 0.25) is 0 Å². The predicted molar refractivity (Wildman–Crippen MR) is 80.5 cm³/mol. The molecule has 1 aliphatic carbocycles. The number of piperidine rings is 1. The molecular weight excluding hydrogens is 252 g/mol. The van der Waals surface area contributed by atoms with Crippen molar-refractivity contribution in [3.63, 3.8) is 0 Å². The van der Waals surface area contributed by atoms with E-state index >= 15 is 0 Å². The molecule has 1 aromatic rings. The van der Waals surface area contributed by atoms with Gasteiger partial charge in [0.2, 0.25) is 6.20 Å². The maximum absolute atomic E-state index is 10.5. The number of hydrogen-bond acceptors (Lipinski definition) is 3. The molecule has 1 heterocycles. The van der Waals surface area contributed by atoms with Crippen molar-refractivity contribution in [2.75, 3.05) is 18.0 Å². The Morgan fingerprint density at radius 1 is 1.20 bits per heavy atom. The van der Waals surface area contributed by atoms with Crippen molar-refractivity contribution >= 4 is 11.8 Å². The number of nitrogens with zero attached hydrogens (tertiary/aromatic N) is 2. The molecule has 0 spiro atoms. The molecule has 3 rings (SSSR count). The van der Waals surface area contributed by atoms with Crippen LogP contribution in [0.25, 0.3) is 6.08 Å². The van der Waals surface area contributed by atoms with E-state index < -0.39 is 4.92 Å². The van der Waals surface area contributed by atoms with Crippen molar-refractivity contribution in [3.8, 4) is 0 Å². The Labute approximate surface area is 119 Å². The van der Waals surface area contributed by atoms with Crippen LogP contribution in [0, 0.1) is 10.1 Å². The minimum absolute atomic E-state index is 0.394. The van der Waals surface area contributed by atoms with E-state index in [0.29, 0.717) is 5.92 Å². The monoisotopic (exact) mass is 272 g/mol. The molecule has 0 aromatic heterocycles. The molecule has 106 valence electrons. The van der Waals surface area contributed by atoms with Crippen molar-refractivity contribution in [1.82, 2.24) is 0 Å². The molecule has 0 amide bonds. The highest BCUT2D eigenvalue weighted by atomic mass is 16.6. The maximum Gasteiger partial charge on any atom is 0.235 e. The summed E-state index contributed by atoms with van der Waals surface area (Å²) in [6.07, 6.45) is 8.96. The number of nitro groups is 1. The largest absolute Gasteiger partial charge is 0.372 e. The quantitative estimate of drug-likeness (QED) is 0.618. The minimum atomic E-state index is -0.394. The van der Waals surface area contributed by atoms with Gasteiger partial charge in [-0.2, -0.15) is 0 Å². The Balaban J connectivity index is 1.87. The highest BCUT2D eigenvalue weighted by molar-refractivity contribution is 5.61. The highest BCUT2D eigenvalue weighted by Crippen LogP contribution is 2.43. The lowest BCUT2D eigenvalue weighted by Crippen LogP contribution is -2.29. The van der Waals surface area contributed by atoms with Gasteiger partial charge in [0.25, 0.3) is 0 Å². The molecule has 0 bridgehead atoms. The Bertz CT molecular complexity index is 529. The van der Waals surface area contributed by atoms with Gasteiger partial charge >= 0.3 is 0 Å². The van der Waals surface area contributed by atoms with Gasteiger partial charge in [-0.05, 0) is 61.3 Å². The molecule has 20 heavy (non-hydrogen) atoms. The molecule has 1 saturated carbocycles. The topological polar surface area (TPSA) is 46.4 Å². The van der Waals surface area contributed by atoms with Crippen LogP contribution in [0.4, 0.5) is 5.69 Å². The Kier molecular flexibility index (Phi) is 3.72. The van der Waals surface area contributed by atoms with Gasteiger partial charge in [-0.15, -0.1) is 0 Å². The van der Waals surface area contributed by atoms with Crippen LogP contribution in [-0.4, -0.2) is 18.0 Å². The second-order valence-electron chi connectivity index (χ2n) is 5.74. The summed E-state index contributed by atoms with van der Waals surface area (Å²) in [5.74, 6) is 0.603. The lowest BCUT2D eigenvalue weighted by molar-refractivity contribution is -0.400. The van der Waals surface area contributed by atoms with E-state index in [1.807, 2.05) is 6.07 Å². The molecule has 1 saturated heterocycles. The lowest BCUT2D eigenvalue weighted by Gasteiger charge is -2.29. The molecule has 0 unspecified atom stereocenters. The SMILES string of the molecule is O=[N+]([O-])C=Cc1ccc(N2CCCCC2)cc1C1CC1. The zero-order valence-corrected chi connectivity index (χ0v) is 11.6. The van der Waals surface area contributed by atoms with Crippen molar-refractivity contribution in [3.05, 3.63) is 45.6 Å². The molecule has 0 radical (unpaired) electrons. The first kappa shape index (κ1) is 13.2. The second kappa shape index (κ2) is 5.65. The van der Waals surface area contributed by atoms with Gasteiger partial charge in [0, 0.05) is 24.9 Å². The summed E-state index contributed by atoms with van der Waals surface area (Å²) >= 11 is 0. The van der Waals surface area contributed by atoms with Gasteiger partial charge < -0.3 is 4.90 Å². The molecule has 2 fully saturated rings. The molecule has 0 atom stereocenters. The summed E-state index contributed by atoms with van der Waals surface area (Å²) in [6.45, 7) is 2.27.